The van der Waals surface area contributed by atoms with Crippen molar-refractivity contribution >= 4 is 5.91 Å². The van der Waals surface area contributed by atoms with Crippen LogP contribution < -0.4 is 5.32 Å². The molecule has 0 aromatic carbocycles. The fourth-order valence-electron chi connectivity index (χ4n) is 0.867. The molecule has 1 amide bonds. The van der Waals surface area contributed by atoms with Crippen molar-refractivity contribution in [2.45, 2.75) is 38.1 Å². The number of hydrogen-bond donors (Lipinski definition) is 2. The van der Waals surface area contributed by atoms with Crippen LogP contribution >= 0.6 is 0 Å². The lowest BCUT2D eigenvalue weighted by molar-refractivity contribution is -0.201. The van der Waals surface area contributed by atoms with E-state index in [0.29, 0.717) is 6.42 Å². The number of amides is 1. The Kier molecular flexibility index (Phi) is 6.35. The summed E-state index contributed by atoms with van der Waals surface area (Å²) in [5, 5.41) is 10.6. The third-order valence-corrected chi connectivity index (χ3v) is 2.05. The molecule has 0 saturated heterocycles. The van der Waals surface area contributed by atoms with Gasteiger partial charge in [0.1, 0.15) is 0 Å². The summed E-state index contributed by atoms with van der Waals surface area (Å²) in [6.45, 7) is 0.932. The Hall–Kier alpha value is -0.820. The molecule has 0 aliphatic carbocycles. The quantitative estimate of drug-likeness (QED) is 0.726. The predicted molar refractivity (Wildman–Crippen MR) is 50.8 cm³/mol. The second kappa shape index (κ2) is 6.70. The molecular weight excluding hydrogens is 227 g/mol. The molecule has 4 nitrogen and oxygen atoms in total. The van der Waals surface area contributed by atoms with Crippen LogP contribution in [0.1, 0.15) is 19.8 Å². The number of aliphatic hydroxyl groups is 1. The minimum atomic E-state index is -4.70. The van der Waals surface area contributed by atoms with Gasteiger partial charge in [0.05, 0.1) is 12.6 Å². The van der Waals surface area contributed by atoms with Crippen LogP contribution in [-0.4, -0.2) is 43.1 Å². The van der Waals surface area contributed by atoms with Gasteiger partial charge in [0, 0.05) is 13.5 Å². The van der Waals surface area contributed by atoms with Crippen LogP contribution in [0.15, 0.2) is 0 Å². The standard InChI is InChI=1S/C9H16F3NO3/c1-6(16-2)3-4-8(15)13-5-7(14)9(10,11)12/h6-7,14H,3-5H2,1-2H3,(H,13,15). The zero-order chi connectivity index (χ0) is 12.8. The Bertz CT molecular complexity index is 221. The Morgan fingerprint density at radius 1 is 1.50 bits per heavy atom. The van der Waals surface area contributed by atoms with E-state index in [9.17, 15) is 18.0 Å². The maximum absolute atomic E-state index is 11.8. The molecule has 0 fully saturated rings. The van der Waals surface area contributed by atoms with Gasteiger partial charge in [-0.05, 0) is 13.3 Å². The second-order valence-electron chi connectivity index (χ2n) is 3.45. The van der Waals surface area contributed by atoms with Gasteiger partial charge in [-0.15, -0.1) is 0 Å². The summed E-state index contributed by atoms with van der Waals surface area (Å²) in [5.41, 5.74) is 0. The maximum Gasteiger partial charge on any atom is 0.416 e. The molecule has 0 aromatic rings. The van der Waals surface area contributed by atoms with Crippen molar-refractivity contribution in [3.8, 4) is 0 Å². The van der Waals surface area contributed by atoms with Crippen LogP contribution in [0.4, 0.5) is 13.2 Å². The van der Waals surface area contributed by atoms with Gasteiger partial charge in [-0.3, -0.25) is 4.79 Å². The van der Waals surface area contributed by atoms with Gasteiger partial charge in [0.25, 0.3) is 0 Å². The number of rotatable bonds is 6. The molecular formula is C9H16F3NO3. The number of nitrogens with one attached hydrogen (secondary N) is 1. The molecule has 7 heteroatoms. The first-order valence-electron chi connectivity index (χ1n) is 4.81. The average molecular weight is 243 g/mol. The second-order valence-corrected chi connectivity index (χ2v) is 3.45. The molecule has 0 aliphatic rings. The summed E-state index contributed by atoms with van der Waals surface area (Å²) in [7, 11) is 1.48. The van der Waals surface area contributed by atoms with Gasteiger partial charge in [0.15, 0.2) is 6.10 Å². The largest absolute Gasteiger partial charge is 0.416 e. The molecule has 16 heavy (non-hydrogen) atoms. The summed E-state index contributed by atoms with van der Waals surface area (Å²) < 4.78 is 40.4. The molecule has 2 unspecified atom stereocenters. The van der Waals surface area contributed by atoms with Crippen molar-refractivity contribution in [2.24, 2.45) is 0 Å². The highest BCUT2D eigenvalue weighted by Gasteiger charge is 2.38. The minimum absolute atomic E-state index is 0.0690. The highest BCUT2D eigenvalue weighted by atomic mass is 19.4. The van der Waals surface area contributed by atoms with Gasteiger partial charge in [-0.25, -0.2) is 0 Å². The van der Waals surface area contributed by atoms with Crippen molar-refractivity contribution in [3.05, 3.63) is 0 Å². The lowest BCUT2D eigenvalue weighted by Gasteiger charge is -2.15. The molecule has 0 saturated carbocycles. The summed E-state index contributed by atoms with van der Waals surface area (Å²) in [6.07, 6.45) is -6.86. The van der Waals surface area contributed by atoms with E-state index in [1.165, 1.54) is 7.11 Å². The van der Waals surface area contributed by atoms with E-state index in [1.54, 1.807) is 6.92 Å². The fraction of sp³-hybridized carbons (Fsp3) is 0.889. The van der Waals surface area contributed by atoms with Crippen molar-refractivity contribution in [1.82, 2.24) is 5.32 Å². The van der Waals surface area contributed by atoms with E-state index in [1.807, 2.05) is 5.32 Å². The zero-order valence-corrected chi connectivity index (χ0v) is 9.17. The van der Waals surface area contributed by atoms with Gasteiger partial charge in [-0.2, -0.15) is 13.2 Å². The van der Waals surface area contributed by atoms with Crippen LogP contribution in [0, 0.1) is 0 Å². The zero-order valence-electron chi connectivity index (χ0n) is 9.17. The number of hydrogen-bond acceptors (Lipinski definition) is 3. The van der Waals surface area contributed by atoms with E-state index < -0.39 is 24.7 Å². The Labute approximate surface area is 91.8 Å². The number of aliphatic hydroxyl groups excluding tert-OH is 1. The summed E-state index contributed by atoms with van der Waals surface area (Å²) in [6, 6.07) is 0. The molecule has 0 heterocycles. The SMILES string of the molecule is COC(C)CCC(=O)NCC(O)C(F)(F)F. The highest BCUT2D eigenvalue weighted by molar-refractivity contribution is 5.75. The third kappa shape index (κ3) is 6.62. The van der Waals surface area contributed by atoms with Crippen LogP contribution in [0.2, 0.25) is 0 Å². The van der Waals surface area contributed by atoms with E-state index in [0.717, 1.165) is 0 Å². The molecule has 0 radical (unpaired) electrons. The van der Waals surface area contributed by atoms with Gasteiger partial charge in [0.2, 0.25) is 5.91 Å². The van der Waals surface area contributed by atoms with Crippen molar-refractivity contribution in [1.29, 1.82) is 0 Å². The van der Waals surface area contributed by atoms with Crippen LogP contribution in [0.25, 0.3) is 0 Å². The summed E-state index contributed by atoms with van der Waals surface area (Å²) in [5.74, 6) is -0.535. The Morgan fingerprint density at radius 2 is 2.06 bits per heavy atom. The highest BCUT2D eigenvalue weighted by Crippen LogP contribution is 2.19. The first-order chi connectivity index (χ1) is 7.27. The lowest BCUT2D eigenvalue weighted by Crippen LogP contribution is -2.40. The topological polar surface area (TPSA) is 58.6 Å². The molecule has 0 bridgehead atoms. The predicted octanol–water partition coefficient (Wildman–Crippen LogP) is 0.841. The van der Waals surface area contributed by atoms with E-state index >= 15 is 0 Å². The molecule has 0 spiro atoms. The molecule has 96 valence electrons. The van der Waals surface area contributed by atoms with Gasteiger partial charge in [-0.1, -0.05) is 0 Å². The van der Waals surface area contributed by atoms with Crippen LogP contribution in [-0.2, 0) is 9.53 Å². The number of halogens is 3. The number of methoxy groups -OCH3 is 1. The number of carbonyl (C=O) groups is 1. The van der Waals surface area contributed by atoms with E-state index in [4.69, 9.17) is 9.84 Å². The first-order valence-corrected chi connectivity index (χ1v) is 4.81. The van der Waals surface area contributed by atoms with Crippen molar-refractivity contribution < 1.29 is 27.8 Å². The van der Waals surface area contributed by atoms with E-state index in [2.05, 4.69) is 0 Å². The number of carbonyl (C=O) groups excluding carboxylic acids is 1. The third-order valence-electron chi connectivity index (χ3n) is 2.05. The van der Waals surface area contributed by atoms with Gasteiger partial charge >= 0.3 is 6.18 Å². The lowest BCUT2D eigenvalue weighted by atomic mass is 10.2. The fourth-order valence-corrected chi connectivity index (χ4v) is 0.867. The number of ether oxygens (including phenoxy) is 1. The molecule has 2 N–H and O–H groups in total. The summed E-state index contributed by atoms with van der Waals surface area (Å²) in [4.78, 5) is 11.0. The first kappa shape index (κ1) is 15.2. The number of alkyl halides is 3. The van der Waals surface area contributed by atoms with Crippen LogP contribution in [0.3, 0.4) is 0 Å². The normalized spacial score (nSPS) is 15.6. The van der Waals surface area contributed by atoms with Crippen molar-refractivity contribution in [2.75, 3.05) is 13.7 Å². The smallest absolute Gasteiger partial charge is 0.382 e. The Morgan fingerprint density at radius 3 is 2.50 bits per heavy atom. The monoisotopic (exact) mass is 243 g/mol. The van der Waals surface area contributed by atoms with Gasteiger partial charge < -0.3 is 15.2 Å². The maximum atomic E-state index is 11.8. The molecule has 2 atom stereocenters. The molecule has 0 rings (SSSR count). The van der Waals surface area contributed by atoms with Crippen molar-refractivity contribution in [3.63, 3.8) is 0 Å². The molecule has 0 aliphatic heterocycles. The molecule has 0 aromatic heterocycles. The average Bonchev–Trinajstić information content (AvgIpc) is 2.20. The summed E-state index contributed by atoms with van der Waals surface area (Å²) >= 11 is 0. The minimum Gasteiger partial charge on any atom is -0.382 e. The Balaban J connectivity index is 3.74. The van der Waals surface area contributed by atoms with E-state index in [-0.39, 0.29) is 12.5 Å². The van der Waals surface area contributed by atoms with Crippen LogP contribution in [0.5, 0.6) is 0 Å².